The molecule has 0 radical (unpaired) electrons. The number of carbonyl (C=O) groups is 1. The van der Waals surface area contributed by atoms with Gasteiger partial charge in [-0.15, -0.1) is 0 Å². The van der Waals surface area contributed by atoms with E-state index < -0.39 is 0 Å². The zero-order chi connectivity index (χ0) is 13.5. The van der Waals surface area contributed by atoms with Crippen LogP contribution < -0.4 is 16.2 Å². The molecule has 0 spiro atoms. The number of aryl methyl sites for hydroxylation is 2. The number of hydrogen-bond acceptors (Lipinski definition) is 3. The molecular weight excluding hydrogens is 230 g/mol. The number of carbonyl (C=O) groups excluding carboxylic acids is 1. The van der Waals surface area contributed by atoms with E-state index in [2.05, 4.69) is 22.5 Å². The molecule has 1 amide bonds. The molecule has 0 aliphatic heterocycles. The minimum absolute atomic E-state index is 0.205. The van der Waals surface area contributed by atoms with E-state index in [1.807, 2.05) is 0 Å². The van der Waals surface area contributed by atoms with Gasteiger partial charge in [0.05, 0.1) is 0 Å². The zero-order valence-corrected chi connectivity index (χ0v) is 11.2. The summed E-state index contributed by atoms with van der Waals surface area (Å²) in [7, 11) is 0. The maximum atomic E-state index is 11.9. The topological polar surface area (TPSA) is 74.0 Å². The van der Waals surface area contributed by atoms with Crippen molar-refractivity contribution in [3.63, 3.8) is 0 Å². The highest BCUT2D eigenvalue weighted by Gasteiger charge is 2.13. The lowest BCUT2D eigenvalue weighted by molar-refractivity contribution is 0.0952. The first-order chi connectivity index (χ1) is 8.56. The number of hydrogen-bond donors (Lipinski definition) is 3. The van der Waals surface area contributed by atoms with E-state index in [1.165, 1.54) is 0 Å². The van der Waals surface area contributed by atoms with Gasteiger partial charge in [0, 0.05) is 18.8 Å². The number of aromatic nitrogens is 1. The maximum Gasteiger partial charge on any atom is 0.261 e. The average molecular weight is 251 g/mol. The third-order valence-corrected chi connectivity index (χ3v) is 2.61. The van der Waals surface area contributed by atoms with Gasteiger partial charge in [-0.05, 0) is 38.4 Å². The Balaban J connectivity index is 2.60. The van der Waals surface area contributed by atoms with Gasteiger partial charge >= 0.3 is 0 Å². The van der Waals surface area contributed by atoms with Gasteiger partial charge in [0.15, 0.2) is 0 Å². The van der Waals surface area contributed by atoms with Gasteiger partial charge < -0.3 is 15.6 Å². The summed E-state index contributed by atoms with van der Waals surface area (Å²) in [4.78, 5) is 26.2. The van der Waals surface area contributed by atoms with Gasteiger partial charge in [-0.3, -0.25) is 9.59 Å². The lowest BCUT2D eigenvalue weighted by atomic mass is 10.1. The van der Waals surface area contributed by atoms with Crippen LogP contribution in [0.25, 0.3) is 0 Å². The number of aromatic amines is 1. The van der Waals surface area contributed by atoms with E-state index in [1.54, 1.807) is 19.9 Å². The van der Waals surface area contributed by atoms with Gasteiger partial charge in [0.2, 0.25) is 0 Å². The lowest BCUT2D eigenvalue weighted by Gasteiger charge is -2.08. The second kappa shape index (κ2) is 6.96. The van der Waals surface area contributed by atoms with Crippen LogP contribution in [0.1, 0.15) is 35.0 Å². The first-order valence-electron chi connectivity index (χ1n) is 6.25. The molecule has 0 atom stereocenters. The van der Waals surface area contributed by atoms with E-state index >= 15 is 0 Å². The van der Waals surface area contributed by atoms with Crippen molar-refractivity contribution >= 4 is 5.91 Å². The predicted octanol–water partition coefficient (Wildman–Crippen LogP) is 0.721. The van der Waals surface area contributed by atoms with Gasteiger partial charge in [-0.1, -0.05) is 6.92 Å². The molecule has 100 valence electrons. The van der Waals surface area contributed by atoms with Gasteiger partial charge in [0.25, 0.3) is 11.5 Å². The monoisotopic (exact) mass is 251 g/mol. The van der Waals surface area contributed by atoms with Crippen molar-refractivity contribution in [1.29, 1.82) is 0 Å². The molecule has 0 unspecified atom stereocenters. The Kier molecular flexibility index (Phi) is 5.58. The Morgan fingerprint density at radius 2 is 2.00 bits per heavy atom. The summed E-state index contributed by atoms with van der Waals surface area (Å²) in [5.74, 6) is -0.313. The van der Waals surface area contributed by atoms with Crippen LogP contribution >= 0.6 is 0 Å². The van der Waals surface area contributed by atoms with Crippen molar-refractivity contribution in [3.8, 4) is 0 Å². The number of H-pyrrole nitrogens is 1. The van der Waals surface area contributed by atoms with Crippen LogP contribution in [0.5, 0.6) is 0 Å². The Morgan fingerprint density at radius 3 is 2.61 bits per heavy atom. The van der Waals surface area contributed by atoms with Crippen molar-refractivity contribution in [2.45, 2.75) is 27.2 Å². The lowest BCUT2D eigenvalue weighted by Crippen LogP contribution is -2.35. The second-order valence-electron chi connectivity index (χ2n) is 4.35. The number of pyridine rings is 1. The van der Waals surface area contributed by atoms with Gasteiger partial charge in [0.1, 0.15) is 5.56 Å². The molecule has 0 aliphatic rings. The van der Waals surface area contributed by atoms with Crippen LogP contribution in [0.15, 0.2) is 10.9 Å². The molecule has 5 heteroatoms. The van der Waals surface area contributed by atoms with Crippen LogP contribution in [0.2, 0.25) is 0 Å². The molecule has 0 fully saturated rings. The van der Waals surface area contributed by atoms with Crippen LogP contribution in [-0.4, -0.2) is 30.5 Å². The molecule has 1 aromatic rings. The van der Waals surface area contributed by atoms with Crippen LogP contribution in [-0.2, 0) is 0 Å². The largest absolute Gasteiger partial charge is 0.351 e. The van der Waals surface area contributed by atoms with Crippen molar-refractivity contribution in [2.75, 3.05) is 19.6 Å². The van der Waals surface area contributed by atoms with Crippen LogP contribution in [0.3, 0.4) is 0 Å². The quantitative estimate of drug-likeness (QED) is 0.652. The smallest absolute Gasteiger partial charge is 0.261 e. The van der Waals surface area contributed by atoms with E-state index in [0.717, 1.165) is 18.7 Å². The minimum atomic E-state index is -0.327. The summed E-state index contributed by atoms with van der Waals surface area (Å²) < 4.78 is 0. The summed E-state index contributed by atoms with van der Waals surface area (Å²) >= 11 is 0. The molecule has 1 heterocycles. The summed E-state index contributed by atoms with van der Waals surface area (Å²) in [6.45, 7) is 7.81. The summed E-state index contributed by atoms with van der Waals surface area (Å²) in [6.07, 6.45) is 1.06. The standard InChI is InChI=1S/C13H21N3O2/c1-4-5-14-6-7-15-12(17)11-9(2)8-10(3)16-13(11)18/h8,14H,4-7H2,1-3H3,(H,15,17)(H,16,18). The van der Waals surface area contributed by atoms with Crippen LogP contribution in [0, 0.1) is 13.8 Å². The van der Waals surface area contributed by atoms with E-state index in [0.29, 0.717) is 18.7 Å². The SMILES string of the molecule is CCCNCCNC(=O)c1c(C)cc(C)[nH]c1=O. The Bertz CT molecular complexity index is 466. The van der Waals surface area contributed by atoms with Gasteiger partial charge in [-0.25, -0.2) is 0 Å². The van der Waals surface area contributed by atoms with E-state index in [-0.39, 0.29) is 17.0 Å². The molecule has 0 saturated carbocycles. The Labute approximate surface area is 107 Å². The van der Waals surface area contributed by atoms with Crippen molar-refractivity contribution in [1.82, 2.24) is 15.6 Å². The summed E-state index contributed by atoms with van der Waals surface area (Å²) in [6, 6.07) is 1.80. The maximum absolute atomic E-state index is 11.9. The fourth-order valence-corrected chi connectivity index (χ4v) is 1.79. The molecule has 1 aromatic heterocycles. The highest BCUT2D eigenvalue weighted by molar-refractivity contribution is 5.95. The summed E-state index contributed by atoms with van der Waals surface area (Å²) in [5, 5.41) is 5.92. The molecule has 0 aliphatic carbocycles. The molecule has 18 heavy (non-hydrogen) atoms. The van der Waals surface area contributed by atoms with E-state index in [9.17, 15) is 9.59 Å². The van der Waals surface area contributed by atoms with Crippen molar-refractivity contribution < 1.29 is 4.79 Å². The normalized spacial score (nSPS) is 10.4. The Morgan fingerprint density at radius 1 is 1.28 bits per heavy atom. The molecule has 1 rings (SSSR count). The predicted molar refractivity (Wildman–Crippen MR) is 72.0 cm³/mol. The zero-order valence-electron chi connectivity index (χ0n) is 11.2. The third kappa shape index (κ3) is 4.00. The number of nitrogens with one attached hydrogen (secondary N) is 3. The average Bonchev–Trinajstić information content (AvgIpc) is 2.27. The van der Waals surface area contributed by atoms with Crippen LogP contribution in [0.4, 0.5) is 0 Å². The van der Waals surface area contributed by atoms with E-state index in [4.69, 9.17) is 0 Å². The molecule has 0 aromatic carbocycles. The fourth-order valence-electron chi connectivity index (χ4n) is 1.79. The first kappa shape index (κ1) is 14.4. The number of rotatable bonds is 6. The first-order valence-corrected chi connectivity index (χ1v) is 6.25. The Hall–Kier alpha value is -1.62. The molecule has 3 N–H and O–H groups in total. The van der Waals surface area contributed by atoms with Crippen molar-refractivity contribution in [3.05, 3.63) is 33.2 Å². The third-order valence-electron chi connectivity index (χ3n) is 2.61. The summed E-state index contributed by atoms with van der Waals surface area (Å²) in [5.41, 5.74) is 1.34. The number of amides is 1. The second-order valence-corrected chi connectivity index (χ2v) is 4.35. The highest BCUT2D eigenvalue weighted by Crippen LogP contribution is 2.02. The van der Waals surface area contributed by atoms with Gasteiger partial charge in [-0.2, -0.15) is 0 Å². The molecule has 5 nitrogen and oxygen atoms in total. The highest BCUT2D eigenvalue weighted by atomic mass is 16.2. The molecule has 0 bridgehead atoms. The fraction of sp³-hybridized carbons (Fsp3) is 0.538. The minimum Gasteiger partial charge on any atom is -0.351 e. The van der Waals surface area contributed by atoms with Crippen molar-refractivity contribution in [2.24, 2.45) is 0 Å². The molecule has 0 saturated heterocycles. The molecular formula is C13H21N3O2.